The van der Waals surface area contributed by atoms with E-state index in [1.165, 1.54) is 18.2 Å². The Morgan fingerprint density at radius 1 is 1.03 bits per heavy atom. The van der Waals surface area contributed by atoms with Crippen molar-refractivity contribution >= 4 is 35.4 Å². The molecule has 2 N–H and O–H groups in total. The largest absolute Gasteiger partial charge is 0.489 e. The second-order valence-electron chi connectivity index (χ2n) is 6.55. The molecule has 0 heterocycles. The molecule has 3 rings (SSSR count). The minimum Gasteiger partial charge on any atom is -0.489 e. The second-order valence-corrected chi connectivity index (χ2v) is 6.96. The van der Waals surface area contributed by atoms with Crippen LogP contribution < -0.4 is 15.4 Å². The number of benzene rings is 3. The van der Waals surface area contributed by atoms with Crippen molar-refractivity contribution in [2.24, 2.45) is 0 Å². The summed E-state index contributed by atoms with van der Waals surface area (Å²) in [4.78, 5) is 10.3. The molecule has 0 unspecified atom stereocenters. The molecule has 0 saturated heterocycles. The predicted octanol–water partition coefficient (Wildman–Crippen LogP) is 5.59. The van der Waals surface area contributed by atoms with Gasteiger partial charge in [0.15, 0.2) is 0 Å². The van der Waals surface area contributed by atoms with E-state index in [4.69, 9.17) is 16.3 Å². The van der Waals surface area contributed by atoms with E-state index in [1.54, 1.807) is 24.3 Å². The minimum absolute atomic E-state index is 0. The van der Waals surface area contributed by atoms with E-state index in [0.717, 1.165) is 5.56 Å². The lowest BCUT2D eigenvalue weighted by molar-refractivity contribution is -0.384. The smallest absolute Gasteiger partial charge is 0.271 e. The van der Waals surface area contributed by atoms with Crippen molar-refractivity contribution in [3.8, 4) is 5.75 Å². The molecule has 0 fully saturated rings. The van der Waals surface area contributed by atoms with Crippen molar-refractivity contribution in [1.29, 1.82) is 0 Å². The number of non-ortho nitro benzene ring substituents is 1. The fourth-order valence-corrected chi connectivity index (χ4v) is 3.04. The summed E-state index contributed by atoms with van der Waals surface area (Å²) in [6, 6.07) is 18.5. The number of nitrogens with zero attached hydrogens (tertiary/aromatic N) is 1. The highest BCUT2D eigenvalue weighted by molar-refractivity contribution is 6.33. The van der Waals surface area contributed by atoms with Gasteiger partial charge < -0.3 is 15.4 Å². The van der Waals surface area contributed by atoms with E-state index in [-0.39, 0.29) is 30.5 Å². The number of hydrogen-bond acceptors (Lipinski definition) is 5. The lowest BCUT2D eigenvalue weighted by Crippen LogP contribution is -2.21. The Kier molecular flexibility index (Phi) is 9.52. The Balaban J connectivity index is 0.00000341. The standard InChI is InChI=1S/C22H21ClFN3O3.ClH/c23-20-13-18(27(28)29)8-9-22(20)26-11-10-25-14-16-4-3-6-19(12-16)30-15-17-5-1-2-7-21(17)24;/h1-9,12-13,25-26H,10-11,14-15H2;1H. The normalized spacial score (nSPS) is 10.3. The van der Waals surface area contributed by atoms with Gasteiger partial charge in [-0.1, -0.05) is 41.9 Å². The van der Waals surface area contributed by atoms with Crippen molar-refractivity contribution < 1.29 is 14.1 Å². The number of nitrogens with one attached hydrogen (secondary N) is 2. The lowest BCUT2D eigenvalue weighted by atomic mass is 10.2. The van der Waals surface area contributed by atoms with E-state index >= 15 is 0 Å². The number of rotatable bonds is 10. The fraction of sp³-hybridized carbons (Fsp3) is 0.182. The maximum atomic E-state index is 13.7. The van der Waals surface area contributed by atoms with Gasteiger partial charge in [-0.2, -0.15) is 0 Å². The molecule has 0 aliphatic carbocycles. The van der Waals surface area contributed by atoms with Crippen LogP contribution in [0.3, 0.4) is 0 Å². The Morgan fingerprint density at radius 2 is 1.84 bits per heavy atom. The summed E-state index contributed by atoms with van der Waals surface area (Å²) in [5, 5.41) is 17.5. The van der Waals surface area contributed by atoms with Crippen LogP contribution in [-0.2, 0) is 13.2 Å². The number of anilines is 1. The summed E-state index contributed by atoms with van der Waals surface area (Å²) in [5.74, 6) is 0.393. The molecular formula is C22H22Cl2FN3O3. The summed E-state index contributed by atoms with van der Waals surface area (Å²) in [5.41, 5.74) is 2.15. The van der Waals surface area contributed by atoms with E-state index in [0.29, 0.717) is 41.7 Å². The SMILES string of the molecule is Cl.O=[N+]([O-])c1ccc(NCCNCc2cccc(OCc3ccccc3F)c2)c(Cl)c1. The molecule has 0 amide bonds. The first-order chi connectivity index (χ1) is 14.5. The van der Waals surface area contributed by atoms with Crippen LogP contribution in [0, 0.1) is 15.9 Å². The Hall–Kier alpha value is -2.87. The second kappa shape index (κ2) is 12.1. The van der Waals surface area contributed by atoms with Crippen molar-refractivity contribution in [3.05, 3.63) is 98.8 Å². The molecule has 3 aromatic rings. The third kappa shape index (κ3) is 7.40. The molecule has 31 heavy (non-hydrogen) atoms. The Bertz CT molecular complexity index is 1020. The maximum absolute atomic E-state index is 13.7. The number of hydrogen-bond donors (Lipinski definition) is 2. The zero-order valence-corrected chi connectivity index (χ0v) is 18.1. The molecule has 164 valence electrons. The molecule has 3 aromatic carbocycles. The molecule has 0 atom stereocenters. The van der Waals surface area contributed by atoms with E-state index in [1.807, 2.05) is 24.3 Å². The molecule has 0 aliphatic heterocycles. The van der Waals surface area contributed by atoms with Crippen LogP contribution in [0.4, 0.5) is 15.8 Å². The van der Waals surface area contributed by atoms with E-state index in [2.05, 4.69) is 10.6 Å². The first-order valence-corrected chi connectivity index (χ1v) is 9.74. The highest BCUT2D eigenvalue weighted by Crippen LogP contribution is 2.26. The molecule has 0 radical (unpaired) electrons. The number of halogens is 3. The van der Waals surface area contributed by atoms with Crippen LogP contribution in [-0.4, -0.2) is 18.0 Å². The first kappa shape index (κ1) is 24.4. The zero-order valence-electron chi connectivity index (χ0n) is 16.5. The quantitative estimate of drug-likeness (QED) is 0.232. The van der Waals surface area contributed by atoms with Gasteiger partial charge in [-0.3, -0.25) is 10.1 Å². The predicted molar refractivity (Wildman–Crippen MR) is 123 cm³/mol. The number of nitro benzene ring substituents is 1. The van der Waals surface area contributed by atoms with E-state index < -0.39 is 4.92 Å². The summed E-state index contributed by atoms with van der Waals surface area (Å²) >= 11 is 6.06. The number of nitro groups is 1. The van der Waals surface area contributed by atoms with Gasteiger partial charge in [0.1, 0.15) is 18.2 Å². The molecule has 0 bridgehead atoms. The van der Waals surface area contributed by atoms with Gasteiger partial charge in [0.25, 0.3) is 5.69 Å². The maximum Gasteiger partial charge on any atom is 0.271 e. The fourth-order valence-electron chi connectivity index (χ4n) is 2.80. The van der Waals surface area contributed by atoms with Gasteiger partial charge in [-0.05, 0) is 29.8 Å². The lowest BCUT2D eigenvalue weighted by Gasteiger charge is -2.11. The molecule has 6 nitrogen and oxygen atoms in total. The average molecular weight is 466 g/mol. The summed E-state index contributed by atoms with van der Waals surface area (Å²) in [6.45, 7) is 2.06. The molecule has 9 heteroatoms. The summed E-state index contributed by atoms with van der Waals surface area (Å²) in [7, 11) is 0. The molecule has 0 aromatic heterocycles. The van der Waals surface area contributed by atoms with Gasteiger partial charge in [0.2, 0.25) is 0 Å². The minimum atomic E-state index is -0.481. The van der Waals surface area contributed by atoms with Crippen molar-refractivity contribution in [3.63, 3.8) is 0 Å². The van der Waals surface area contributed by atoms with Crippen LogP contribution in [0.25, 0.3) is 0 Å². The van der Waals surface area contributed by atoms with Gasteiger partial charge in [-0.15, -0.1) is 12.4 Å². The van der Waals surface area contributed by atoms with Gasteiger partial charge in [0.05, 0.1) is 15.6 Å². The van der Waals surface area contributed by atoms with E-state index in [9.17, 15) is 14.5 Å². The summed E-state index contributed by atoms with van der Waals surface area (Å²) < 4.78 is 19.4. The first-order valence-electron chi connectivity index (χ1n) is 9.36. The van der Waals surface area contributed by atoms with Crippen LogP contribution in [0.1, 0.15) is 11.1 Å². The Morgan fingerprint density at radius 3 is 2.58 bits per heavy atom. The third-order valence-corrected chi connectivity index (χ3v) is 4.67. The highest BCUT2D eigenvalue weighted by atomic mass is 35.5. The van der Waals surface area contributed by atoms with Crippen molar-refractivity contribution in [2.75, 3.05) is 18.4 Å². The monoisotopic (exact) mass is 465 g/mol. The molecular weight excluding hydrogens is 444 g/mol. The zero-order chi connectivity index (χ0) is 21.3. The van der Waals surface area contributed by atoms with Crippen LogP contribution in [0.2, 0.25) is 5.02 Å². The number of ether oxygens (including phenoxy) is 1. The molecule has 0 aliphatic rings. The van der Waals surface area contributed by atoms with Crippen molar-refractivity contribution in [2.45, 2.75) is 13.2 Å². The third-order valence-electron chi connectivity index (χ3n) is 4.36. The van der Waals surface area contributed by atoms with Crippen LogP contribution in [0.5, 0.6) is 5.75 Å². The van der Waals surface area contributed by atoms with Crippen molar-refractivity contribution in [1.82, 2.24) is 5.32 Å². The molecule has 0 saturated carbocycles. The topological polar surface area (TPSA) is 76.4 Å². The van der Waals surface area contributed by atoms with Gasteiger partial charge in [-0.25, -0.2) is 4.39 Å². The average Bonchev–Trinajstić information content (AvgIpc) is 2.74. The van der Waals surface area contributed by atoms with Crippen LogP contribution >= 0.6 is 24.0 Å². The molecule has 0 spiro atoms. The Labute approximate surface area is 190 Å². The van der Waals surface area contributed by atoms with Gasteiger partial charge in [0, 0.05) is 37.3 Å². The highest BCUT2D eigenvalue weighted by Gasteiger charge is 2.09. The van der Waals surface area contributed by atoms with Crippen LogP contribution in [0.15, 0.2) is 66.7 Å². The summed E-state index contributed by atoms with van der Waals surface area (Å²) in [6.07, 6.45) is 0. The van der Waals surface area contributed by atoms with Gasteiger partial charge >= 0.3 is 0 Å².